The van der Waals surface area contributed by atoms with Crippen LogP contribution in [-0.2, 0) is 6.54 Å². The van der Waals surface area contributed by atoms with Crippen LogP contribution in [-0.4, -0.2) is 71.2 Å². The van der Waals surface area contributed by atoms with E-state index in [0.717, 1.165) is 55.7 Å². The van der Waals surface area contributed by atoms with Crippen LogP contribution in [0.4, 0.5) is 4.79 Å². The molecule has 1 spiro atoms. The molecule has 5 rings (SSSR count). The highest BCUT2D eigenvalue weighted by Gasteiger charge is 2.55. The Kier molecular flexibility index (Phi) is 6.31. The summed E-state index contributed by atoms with van der Waals surface area (Å²) in [6.45, 7) is 2.27. The Morgan fingerprint density at radius 2 is 1.86 bits per heavy atom. The molecule has 2 amide bonds. The monoisotopic (exact) mass is 475 g/mol. The lowest BCUT2D eigenvalue weighted by Crippen LogP contribution is -2.58. The van der Waals surface area contributed by atoms with Crippen molar-refractivity contribution in [3.63, 3.8) is 0 Å². The minimum atomic E-state index is -0.213. The summed E-state index contributed by atoms with van der Waals surface area (Å²) in [5.41, 5.74) is 8.02. The summed E-state index contributed by atoms with van der Waals surface area (Å²) in [5.74, 6) is 1.69. The summed E-state index contributed by atoms with van der Waals surface area (Å²) in [4.78, 5) is 20.3. The van der Waals surface area contributed by atoms with E-state index in [9.17, 15) is 9.90 Å². The second-order valence-electron chi connectivity index (χ2n) is 10.9. The van der Waals surface area contributed by atoms with Crippen molar-refractivity contribution < 1.29 is 14.6 Å². The third kappa shape index (κ3) is 4.31. The molecule has 0 bridgehead atoms. The molecule has 1 N–H and O–H groups in total. The Bertz CT molecular complexity index is 1090. The van der Waals surface area contributed by atoms with Gasteiger partial charge in [-0.05, 0) is 82.3 Å². The first-order valence-corrected chi connectivity index (χ1v) is 12.8. The summed E-state index contributed by atoms with van der Waals surface area (Å²) >= 11 is 0. The van der Waals surface area contributed by atoms with Crippen LogP contribution in [0.25, 0.3) is 0 Å². The van der Waals surface area contributed by atoms with Crippen LogP contribution in [0.15, 0.2) is 59.2 Å². The first kappa shape index (κ1) is 23.8. The van der Waals surface area contributed by atoms with Crippen molar-refractivity contribution in [3.05, 3.63) is 64.8 Å². The van der Waals surface area contributed by atoms with E-state index in [4.69, 9.17) is 4.74 Å². The van der Waals surface area contributed by atoms with Gasteiger partial charge in [0.1, 0.15) is 11.5 Å². The molecule has 2 saturated carbocycles. The fraction of sp³-hybridized carbons (Fsp3) is 0.552. The van der Waals surface area contributed by atoms with E-state index in [1.807, 2.05) is 18.2 Å². The number of methoxy groups -OCH3 is 1. The molecule has 1 aliphatic heterocycles. The van der Waals surface area contributed by atoms with Crippen LogP contribution >= 0.6 is 0 Å². The largest absolute Gasteiger partial charge is 0.507 e. The van der Waals surface area contributed by atoms with Gasteiger partial charge in [-0.15, -0.1) is 0 Å². The van der Waals surface area contributed by atoms with E-state index in [2.05, 4.69) is 52.4 Å². The van der Waals surface area contributed by atoms with Gasteiger partial charge >= 0.3 is 6.03 Å². The third-order valence-electron chi connectivity index (χ3n) is 8.84. The lowest BCUT2D eigenvalue weighted by molar-refractivity contribution is 0.0366. The third-order valence-corrected chi connectivity index (χ3v) is 8.84. The predicted molar refractivity (Wildman–Crippen MR) is 136 cm³/mol. The highest BCUT2D eigenvalue weighted by atomic mass is 16.5. The van der Waals surface area contributed by atoms with Gasteiger partial charge in [0.15, 0.2) is 0 Å². The number of benzene rings is 1. The Morgan fingerprint density at radius 3 is 2.43 bits per heavy atom. The SMILES string of the molecule is COc1ccc(CN2C[C@]3(CC[C@](C4=C=C=CC(O)=C4)(N(C)C)CC3)N(CC3CCC3)C2=O)cc1. The molecule has 4 aliphatic rings. The summed E-state index contributed by atoms with van der Waals surface area (Å²) in [6, 6.07) is 8.22. The Labute approximate surface area is 208 Å². The number of amides is 2. The zero-order valence-corrected chi connectivity index (χ0v) is 21.2. The summed E-state index contributed by atoms with van der Waals surface area (Å²) in [7, 11) is 5.89. The molecule has 3 fully saturated rings. The molecule has 35 heavy (non-hydrogen) atoms. The summed E-state index contributed by atoms with van der Waals surface area (Å²) in [6.07, 6.45) is 10.8. The predicted octanol–water partition coefficient (Wildman–Crippen LogP) is 5.04. The molecule has 1 aromatic rings. The average Bonchev–Trinajstić information content (AvgIpc) is 3.07. The molecule has 6 nitrogen and oxygen atoms in total. The number of aliphatic hydroxyl groups is 1. The quantitative estimate of drug-likeness (QED) is 0.562. The maximum Gasteiger partial charge on any atom is 0.320 e. The molecule has 6 heteroatoms. The number of likely N-dealkylation sites (N-methyl/N-ethyl adjacent to an activating group) is 1. The molecule has 0 atom stereocenters. The number of carbonyl (C=O) groups excluding carboxylic acids is 1. The Balaban J connectivity index is 1.39. The molecular formula is C29H37N3O3. The molecule has 0 aromatic heterocycles. The molecule has 1 saturated heterocycles. The van der Waals surface area contributed by atoms with Crippen LogP contribution in [0.1, 0.15) is 50.5 Å². The Hall–Kier alpha value is -2.91. The van der Waals surface area contributed by atoms with Crippen LogP contribution in [0.2, 0.25) is 0 Å². The number of hydrogen-bond acceptors (Lipinski definition) is 4. The Morgan fingerprint density at radius 1 is 1.14 bits per heavy atom. The van der Waals surface area contributed by atoms with E-state index >= 15 is 0 Å². The maximum absolute atomic E-state index is 13.8. The first-order chi connectivity index (χ1) is 16.8. The molecule has 1 aromatic carbocycles. The fourth-order valence-corrected chi connectivity index (χ4v) is 6.34. The zero-order chi connectivity index (χ0) is 24.6. The molecule has 3 aliphatic carbocycles. The fourth-order valence-electron chi connectivity index (χ4n) is 6.34. The number of aliphatic hydroxyl groups excluding tert-OH is 1. The lowest BCUT2D eigenvalue weighted by atomic mass is 9.67. The van der Waals surface area contributed by atoms with Crippen molar-refractivity contribution in [1.82, 2.24) is 14.7 Å². The van der Waals surface area contributed by atoms with Gasteiger partial charge in [-0.2, -0.15) is 0 Å². The topological polar surface area (TPSA) is 56.3 Å². The van der Waals surface area contributed by atoms with Gasteiger partial charge in [0.2, 0.25) is 0 Å². The first-order valence-electron chi connectivity index (χ1n) is 12.8. The highest BCUT2D eigenvalue weighted by Crippen LogP contribution is 2.48. The standard InChI is InChI=1S/C29H37N3O3/c1-30(2)29(24-8-5-9-25(33)18-24)16-14-28(15-17-29)21-31(19-23-10-12-26(35-3)13-11-23)27(34)32(28)20-22-6-4-7-22/h9-13,18,22,33H,4,6-7,14-17,19-21H2,1-3H3/t28-,29+. The van der Waals surface area contributed by atoms with Gasteiger partial charge in [-0.1, -0.05) is 30.0 Å². The minimum Gasteiger partial charge on any atom is -0.507 e. The van der Waals surface area contributed by atoms with Gasteiger partial charge in [0, 0.05) is 31.3 Å². The van der Waals surface area contributed by atoms with Crippen molar-refractivity contribution in [3.8, 4) is 5.75 Å². The van der Waals surface area contributed by atoms with Gasteiger partial charge in [-0.3, -0.25) is 4.90 Å². The molecule has 1 heterocycles. The number of urea groups is 1. The van der Waals surface area contributed by atoms with Gasteiger partial charge < -0.3 is 19.6 Å². The smallest absolute Gasteiger partial charge is 0.320 e. The van der Waals surface area contributed by atoms with Crippen molar-refractivity contribution in [2.75, 3.05) is 34.3 Å². The minimum absolute atomic E-state index is 0.140. The van der Waals surface area contributed by atoms with E-state index in [1.54, 1.807) is 13.2 Å². The van der Waals surface area contributed by atoms with Crippen molar-refractivity contribution in [2.45, 2.75) is 62.6 Å². The number of ether oxygens (including phenoxy) is 1. The van der Waals surface area contributed by atoms with E-state index in [-0.39, 0.29) is 22.9 Å². The van der Waals surface area contributed by atoms with Crippen molar-refractivity contribution in [2.24, 2.45) is 5.92 Å². The summed E-state index contributed by atoms with van der Waals surface area (Å²) < 4.78 is 5.30. The van der Waals surface area contributed by atoms with Crippen LogP contribution < -0.4 is 4.74 Å². The summed E-state index contributed by atoms with van der Waals surface area (Å²) in [5, 5.41) is 10.1. The lowest BCUT2D eigenvalue weighted by Gasteiger charge is -2.51. The van der Waals surface area contributed by atoms with Gasteiger partial charge in [0.05, 0.1) is 18.2 Å². The van der Waals surface area contributed by atoms with Crippen molar-refractivity contribution >= 4 is 6.03 Å². The molecule has 0 radical (unpaired) electrons. The molecular weight excluding hydrogens is 438 g/mol. The van der Waals surface area contributed by atoms with Crippen molar-refractivity contribution in [1.29, 1.82) is 0 Å². The number of nitrogens with zero attached hydrogens (tertiary/aromatic N) is 3. The number of hydrogen-bond donors (Lipinski definition) is 1. The van der Waals surface area contributed by atoms with Crippen LogP contribution in [0.5, 0.6) is 5.75 Å². The number of rotatable bonds is 7. The van der Waals surface area contributed by atoms with Gasteiger partial charge in [-0.25, -0.2) is 4.79 Å². The number of allylic oxidation sites excluding steroid dienone is 1. The van der Waals surface area contributed by atoms with Gasteiger partial charge in [0.25, 0.3) is 0 Å². The average molecular weight is 476 g/mol. The second-order valence-corrected chi connectivity index (χ2v) is 10.9. The zero-order valence-electron chi connectivity index (χ0n) is 21.2. The van der Waals surface area contributed by atoms with E-state index < -0.39 is 0 Å². The highest BCUT2D eigenvalue weighted by molar-refractivity contribution is 5.78. The normalized spacial score (nSPS) is 28.5. The molecule has 0 unspecified atom stereocenters. The molecule has 186 valence electrons. The number of carbonyl (C=O) groups is 1. The van der Waals surface area contributed by atoms with Crippen LogP contribution in [0, 0.1) is 5.92 Å². The second kappa shape index (κ2) is 9.28. The van der Waals surface area contributed by atoms with E-state index in [0.29, 0.717) is 12.5 Å². The maximum atomic E-state index is 13.8. The van der Waals surface area contributed by atoms with E-state index in [1.165, 1.54) is 19.3 Å². The van der Waals surface area contributed by atoms with Crippen LogP contribution in [0.3, 0.4) is 0 Å².